The number of aromatic amines is 1. The molecule has 1 aromatic carbocycles. The lowest BCUT2D eigenvalue weighted by Gasteiger charge is -2.09. The number of nitro benzene ring substituents is 1. The van der Waals surface area contributed by atoms with Crippen molar-refractivity contribution in [1.82, 2.24) is 15.2 Å². The smallest absolute Gasteiger partial charge is 0.295 e. The van der Waals surface area contributed by atoms with Gasteiger partial charge in [-0.25, -0.2) is 4.98 Å². The molecule has 0 saturated carbocycles. The van der Waals surface area contributed by atoms with E-state index in [0.717, 1.165) is 22.3 Å². The summed E-state index contributed by atoms with van der Waals surface area (Å²) in [4.78, 5) is 14.8. The van der Waals surface area contributed by atoms with Gasteiger partial charge in [-0.1, -0.05) is 0 Å². The minimum atomic E-state index is -0.417. The van der Waals surface area contributed by atoms with E-state index >= 15 is 0 Å². The Kier molecular flexibility index (Phi) is 3.23. The molecule has 0 amide bonds. The molecular weight excluding hydrogens is 270 g/mol. The highest BCUT2D eigenvalue weighted by Gasteiger charge is 2.15. The average Bonchev–Trinajstić information content (AvgIpc) is 2.89. The van der Waals surface area contributed by atoms with Gasteiger partial charge in [0.25, 0.3) is 5.69 Å². The van der Waals surface area contributed by atoms with Crippen LogP contribution in [0.5, 0.6) is 0 Å². The van der Waals surface area contributed by atoms with E-state index < -0.39 is 4.92 Å². The lowest BCUT2D eigenvalue weighted by molar-refractivity contribution is -0.383. The van der Waals surface area contributed by atoms with Crippen molar-refractivity contribution in [1.29, 1.82) is 0 Å². The number of pyridine rings is 1. The number of aryl methyl sites for hydroxylation is 1. The van der Waals surface area contributed by atoms with Crippen molar-refractivity contribution in [2.75, 3.05) is 5.32 Å². The third-order valence-electron chi connectivity index (χ3n) is 3.35. The van der Waals surface area contributed by atoms with E-state index in [1.807, 2.05) is 13.0 Å². The number of nitro groups is 1. The molecule has 7 nitrogen and oxygen atoms in total. The van der Waals surface area contributed by atoms with E-state index in [1.165, 1.54) is 6.07 Å². The molecule has 0 bridgehead atoms. The highest BCUT2D eigenvalue weighted by molar-refractivity contribution is 5.96. The molecule has 21 heavy (non-hydrogen) atoms. The SMILES string of the molecule is Cc1[nH]ncc1CNc1ccc([N+](=O)[O-])c2ncccc12. The minimum absolute atomic E-state index is 0.00985. The van der Waals surface area contributed by atoms with Gasteiger partial charge in [0, 0.05) is 41.1 Å². The van der Waals surface area contributed by atoms with Crippen molar-refractivity contribution < 1.29 is 4.92 Å². The van der Waals surface area contributed by atoms with Gasteiger partial charge in [-0.05, 0) is 25.1 Å². The van der Waals surface area contributed by atoms with Gasteiger partial charge >= 0.3 is 0 Å². The van der Waals surface area contributed by atoms with Crippen LogP contribution in [0.15, 0.2) is 36.7 Å². The van der Waals surface area contributed by atoms with Crippen molar-refractivity contribution in [3.05, 3.63) is 58.0 Å². The highest BCUT2D eigenvalue weighted by Crippen LogP contribution is 2.29. The fraction of sp³-hybridized carbons (Fsp3) is 0.143. The second-order valence-corrected chi connectivity index (χ2v) is 4.66. The maximum atomic E-state index is 11.0. The molecule has 0 radical (unpaired) electrons. The second-order valence-electron chi connectivity index (χ2n) is 4.66. The molecule has 0 aliphatic heterocycles. The van der Waals surface area contributed by atoms with E-state index in [1.54, 1.807) is 24.5 Å². The number of nitrogens with one attached hydrogen (secondary N) is 2. The fourth-order valence-electron chi connectivity index (χ4n) is 2.20. The Balaban J connectivity index is 1.98. The maximum absolute atomic E-state index is 11.0. The molecule has 3 aromatic rings. The van der Waals surface area contributed by atoms with Crippen LogP contribution >= 0.6 is 0 Å². The van der Waals surface area contributed by atoms with Crippen LogP contribution in [0, 0.1) is 17.0 Å². The van der Waals surface area contributed by atoms with E-state index in [4.69, 9.17) is 0 Å². The van der Waals surface area contributed by atoms with E-state index in [2.05, 4.69) is 20.5 Å². The minimum Gasteiger partial charge on any atom is -0.380 e. The van der Waals surface area contributed by atoms with Gasteiger partial charge in [-0.2, -0.15) is 5.10 Å². The number of nitrogens with zero attached hydrogens (tertiary/aromatic N) is 3. The first-order valence-electron chi connectivity index (χ1n) is 6.41. The van der Waals surface area contributed by atoms with E-state index in [0.29, 0.717) is 12.1 Å². The summed E-state index contributed by atoms with van der Waals surface area (Å²) in [6.45, 7) is 2.53. The number of hydrogen-bond donors (Lipinski definition) is 2. The Morgan fingerprint density at radius 1 is 1.38 bits per heavy atom. The van der Waals surface area contributed by atoms with Crippen molar-refractivity contribution in [2.24, 2.45) is 0 Å². The van der Waals surface area contributed by atoms with Crippen LogP contribution in [0.3, 0.4) is 0 Å². The van der Waals surface area contributed by atoms with Gasteiger partial charge in [-0.3, -0.25) is 15.2 Å². The summed E-state index contributed by atoms with van der Waals surface area (Å²) in [5, 5.41) is 21.9. The Morgan fingerprint density at radius 2 is 2.24 bits per heavy atom. The molecule has 2 N–H and O–H groups in total. The number of benzene rings is 1. The van der Waals surface area contributed by atoms with Crippen LogP contribution in [0.4, 0.5) is 11.4 Å². The van der Waals surface area contributed by atoms with Crippen molar-refractivity contribution in [3.63, 3.8) is 0 Å². The topological polar surface area (TPSA) is 96.7 Å². The van der Waals surface area contributed by atoms with Gasteiger partial charge in [-0.15, -0.1) is 0 Å². The number of fused-ring (bicyclic) bond motifs is 1. The Bertz CT molecular complexity index is 812. The Hall–Kier alpha value is -2.96. The number of rotatable bonds is 4. The van der Waals surface area contributed by atoms with Crippen LogP contribution in [0.25, 0.3) is 10.9 Å². The number of hydrogen-bond acceptors (Lipinski definition) is 5. The third-order valence-corrected chi connectivity index (χ3v) is 3.35. The lowest BCUT2D eigenvalue weighted by Crippen LogP contribution is -2.01. The summed E-state index contributed by atoms with van der Waals surface area (Å²) in [5.74, 6) is 0. The normalized spacial score (nSPS) is 10.7. The largest absolute Gasteiger partial charge is 0.380 e. The molecule has 0 aliphatic rings. The maximum Gasteiger partial charge on any atom is 0.295 e. The Morgan fingerprint density at radius 3 is 2.95 bits per heavy atom. The van der Waals surface area contributed by atoms with Gasteiger partial charge in [0.2, 0.25) is 0 Å². The van der Waals surface area contributed by atoms with Gasteiger partial charge in [0.05, 0.1) is 11.1 Å². The number of aromatic nitrogens is 3. The van der Waals surface area contributed by atoms with E-state index in [-0.39, 0.29) is 5.69 Å². The standard InChI is InChI=1S/C14H13N5O2/c1-9-10(8-17-18-9)7-16-12-4-5-13(19(20)21)14-11(12)3-2-6-15-14/h2-6,8,16H,7H2,1H3,(H,17,18). The Labute approximate surface area is 120 Å². The summed E-state index contributed by atoms with van der Waals surface area (Å²) in [5.41, 5.74) is 3.24. The zero-order valence-electron chi connectivity index (χ0n) is 11.3. The average molecular weight is 283 g/mol. The molecule has 0 saturated heterocycles. The second kappa shape index (κ2) is 5.20. The predicted molar refractivity (Wildman–Crippen MR) is 79.0 cm³/mol. The molecule has 7 heteroatoms. The summed E-state index contributed by atoms with van der Waals surface area (Å²) >= 11 is 0. The molecule has 3 rings (SSSR count). The summed E-state index contributed by atoms with van der Waals surface area (Å²) < 4.78 is 0. The molecule has 2 aromatic heterocycles. The monoisotopic (exact) mass is 283 g/mol. The highest BCUT2D eigenvalue weighted by atomic mass is 16.6. The van der Waals surface area contributed by atoms with E-state index in [9.17, 15) is 10.1 Å². The molecule has 0 fully saturated rings. The third kappa shape index (κ3) is 2.40. The number of non-ortho nitro benzene ring substituents is 1. The van der Waals surface area contributed by atoms with Crippen LogP contribution in [-0.2, 0) is 6.54 Å². The van der Waals surface area contributed by atoms with Gasteiger partial charge < -0.3 is 5.32 Å². The molecule has 106 valence electrons. The van der Waals surface area contributed by atoms with Gasteiger partial charge in [0.15, 0.2) is 0 Å². The summed E-state index contributed by atoms with van der Waals surface area (Å²) in [7, 11) is 0. The fourth-order valence-corrected chi connectivity index (χ4v) is 2.20. The predicted octanol–water partition coefficient (Wildman–Crippen LogP) is 2.79. The molecule has 0 spiro atoms. The van der Waals surface area contributed by atoms with Gasteiger partial charge in [0.1, 0.15) is 5.52 Å². The number of anilines is 1. The van der Waals surface area contributed by atoms with Crippen molar-refractivity contribution in [2.45, 2.75) is 13.5 Å². The summed E-state index contributed by atoms with van der Waals surface area (Å²) in [6.07, 6.45) is 3.31. The molecule has 0 aliphatic carbocycles. The van der Waals surface area contributed by atoms with Crippen LogP contribution in [0.2, 0.25) is 0 Å². The molecular formula is C14H13N5O2. The first-order chi connectivity index (χ1) is 10.2. The van der Waals surface area contributed by atoms with Crippen LogP contribution in [0.1, 0.15) is 11.3 Å². The number of H-pyrrole nitrogens is 1. The van der Waals surface area contributed by atoms with Crippen LogP contribution < -0.4 is 5.32 Å². The molecule has 0 unspecified atom stereocenters. The van der Waals surface area contributed by atoms with Crippen LogP contribution in [-0.4, -0.2) is 20.1 Å². The van der Waals surface area contributed by atoms with Crippen molar-refractivity contribution >= 4 is 22.3 Å². The quantitative estimate of drug-likeness (QED) is 0.567. The van der Waals surface area contributed by atoms with Crippen molar-refractivity contribution in [3.8, 4) is 0 Å². The molecule has 0 atom stereocenters. The zero-order chi connectivity index (χ0) is 14.8. The zero-order valence-corrected chi connectivity index (χ0v) is 11.3. The first kappa shape index (κ1) is 13.0. The summed E-state index contributed by atoms with van der Waals surface area (Å²) in [6, 6.07) is 6.76. The first-order valence-corrected chi connectivity index (χ1v) is 6.41. The molecule has 2 heterocycles. The lowest BCUT2D eigenvalue weighted by atomic mass is 10.1.